The summed E-state index contributed by atoms with van der Waals surface area (Å²) in [6, 6.07) is 9.14. The summed E-state index contributed by atoms with van der Waals surface area (Å²) in [5.74, 6) is -2.06. The average molecular weight is 268 g/mol. The number of aromatic carboxylic acids is 2. The van der Waals surface area contributed by atoms with Crippen molar-refractivity contribution >= 4 is 33.7 Å². The average Bonchev–Trinajstić information content (AvgIpc) is 2.45. The molecule has 0 atom stereocenters. The van der Waals surface area contributed by atoms with Gasteiger partial charge in [0.2, 0.25) is 0 Å². The molecule has 0 fully saturated rings. The van der Waals surface area contributed by atoms with E-state index in [0.717, 1.165) is 10.8 Å². The van der Waals surface area contributed by atoms with Crippen LogP contribution < -0.4 is 0 Å². The van der Waals surface area contributed by atoms with Crippen LogP contribution in [0, 0.1) is 0 Å². The molecule has 0 radical (unpaired) electrons. The first-order valence-electron chi connectivity index (χ1n) is 5.73. The normalized spacial score (nSPS) is 10.8. The van der Waals surface area contributed by atoms with E-state index in [1.165, 1.54) is 24.3 Å². The number of carboxylic acid groups (broad SMARTS) is 2. The molecule has 3 aromatic rings. The molecule has 3 rings (SSSR count). The molecule has 0 aliphatic heterocycles. The lowest BCUT2D eigenvalue weighted by atomic mass is 10.1. The monoisotopic (exact) mass is 268 g/mol. The molecule has 0 aliphatic carbocycles. The molecule has 1 aromatic heterocycles. The Kier molecular flexibility index (Phi) is 2.57. The molecule has 98 valence electrons. The van der Waals surface area contributed by atoms with Crippen molar-refractivity contribution in [3.8, 4) is 0 Å². The zero-order valence-corrected chi connectivity index (χ0v) is 10.1. The predicted molar refractivity (Wildman–Crippen MR) is 71.0 cm³/mol. The smallest absolute Gasteiger partial charge is 0.335 e. The maximum atomic E-state index is 10.9. The van der Waals surface area contributed by atoms with E-state index in [-0.39, 0.29) is 11.1 Å². The summed E-state index contributed by atoms with van der Waals surface area (Å²) in [7, 11) is 0. The fourth-order valence-corrected chi connectivity index (χ4v) is 2.06. The first-order chi connectivity index (χ1) is 9.56. The second kappa shape index (κ2) is 4.27. The van der Waals surface area contributed by atoms with Crippen LogP contribution in [0.4, 0.5) is 0 Å². The van der Waals surface area contributed by atoms with Gasteiger partial charge < -0.3 is 10.2 Å². The summed E-state index contributed by atoms with van der Waals surface area (Å²) < 4.78 is 0. The maximum absolute atomic E-state index is 10.9. The van der Waals surface area contributed by atoms with E-state index in [0.29, 0.717) is 11.0 Å². The van der Waals surface area contributed by atoms with Crippen molar-refractivity contribution in [1.29, 1.82) is 0 Å². The Labute approximate surface area is 112 Å². The molecule has 0 bridgehead atoms. The number of aromatic nitrogens is 2. The Morgan fingerprint density at radius 2 is 1.15 bits per heavy atom. The lowest BCUT2D eigenvalue weighted by Crippen LogP contribution is -1.99. The van der Waals surface area contributed by atoms with Crippen LogP contribution in [0.1, 0.15) is 20.7 Å². The van der Waals surface area contributed by atoms with E-state index in [2.05, 4.69) is 10.2 Å². The highest BCUT2D eigenvalue weighted by Crippen LogP contribution is 2.23. The molecule has 20 heavy (non-hydrogen) atoms. The first-order valence-corrected chi connectivity index (χ1v) is 5.73. The van der Waals surface area contributed by atoms with Gasteiger partial charge in [-0.15, -0.1) is 10.2 Å². The summed E-state index contributed by atoms with van der Waals surface area (Å²) in [6.07, 6.45) is 0. The molecule has 0 spiro atoms. The van der Waals surface area contributed by atoms with E-state index in [4.69, 9.17) is 10.2 Å². The van der Waals surface area contributed by atoms with E-state index in [9.17, 15) is 9.59 Å². The first kappa shape index (κ1) is 12.0. The van der Waals surface area contributed by atoms with Crippen molar-refractivity contribution in [3.63, 3.8) is 0 Å². The Morgan fingerprint density at radius 1 is 0.750 bits per heavy atom. The van der Waals surface area contributed by atoms with Crippen LogP contribution >= 0.6 is 0 Å². The second-order valence-electron chi connectivity index (χ2n) is 4.27. The van der Waals surface area contributed by atoms with Gasteiger partial charge >= 0.3 is 11.9 Å². The SMILES string of the molecule is O=C(O)c1ccc2c(c1)nnc1cc(C(=O)O)ccc12. The molecule has 0 saturated heterocycles. The van der Waals surface area contributed by atoms with Gasteiger partial charge in [0.25, 0.3) is 0 Å². The van der Waals surface area contributed by atoms with Crippen molar-refractivity contribution < 1.29 is 19.8 Å². The van der Waals surface area contributed by atoms with Gasteiger partial charge in [-0.3, -0.25) is 0 Å². The number of rotatable bonds is 2. The van der Waals surface area contributed by atoms with Crippen molar-refractivity contribution in [1.82, 2.24) is 10.2 Å². The van der Waals surface area contributed by atoms with Crippen LogP contribution in [-0.2, 0) is 0 Å². The molecule has 1 heterocycles. The predicted octanol–water partition coefficient (Wildman–Crippen LogP) is 2.18. The zero-order valence-electron chi connectivity index (χ0n) is 10.1. The molecule has 0 amide bonds. The Bertz CT molecular complexity index is 801. The Morgan fingerprint density at radius 3 is 1.50 bits per heavy atom. The molecular weight excluding hydrogens is 260 g/mol. The van der Waals surface area contributed by atoms with Crippen LogP contribution in [0.3, 0.4) is 0 Å². The minimum Gasteiger partial charge on any atom is -0.478 e. The Balaban J connectivity index is 2.31. The number of benzene rings is 2. The van der Waals surface area contributed by atoms with Crippen molar-refractivity contribution in [3.05, 3.63) is 47.5 Å². The topological polar surface area (TPSA) is 100 Å². The van der Waals surface area contributed by atoms with Gasteiger partial charge in [0.15, 0.2) is 0 Å². The van der Waals surface area contributed by atoms with E-state index < -0.39 is 11.9 Å². The Hall–Kier alpha value is -3.02. The lowest BCUT2D eigenvalue weighted by Gasteiger charge is -2.04. The minimum absolute atomic E-state index is 0.133. The van der Waals surface area contributed by atoms with Crippen LogP contribution in [0.2, 0.25) is 0 Å². The number of carboxylic acids is 2. The fraction of sp³-hybridized carbons (Fsp3) is 0. The largest absolute Gasteiger partial charge is 0.478 e. The molecule has 2 aromatic carbocycles. The van der Waals surface area contributed by atoms with Gasteiger partial charge in [-0.05, 0) is 24.3 Å². The van der Waals surface area contributed by atoms with Crippen LogP contribution in [0.15, 0.2) is 36.4 Å². The third-order valence-corrected chi connectivity index (χ3v) is 3.05. The minimum atomic E-state index is -1.03. The highest BCUT2D eigenvalue weighted by Gasteiger charge is 2.10. The van der Waals surface area contributed by atoms with Gasteiger partial charge in [-0.25, -0.2) is 9.59 Å². The summed E-state index contributed by atoms with van der Waals surface area (Å²) in [4.78, 5) is 21.8. The number of hydrogen-bond donors (Lipinski definition) is 2. The van der Waals surface area contributed by atoms with E-state index in [1.807, 2.05) is 0 Å². The molecule has 0 unspecified atom stereocenters. The van der Waals surface area contributed by atoms with Gasteiger partial charge in [0.1, 0.15) is 0 Å². The van der Waals surface area contributed by atoms with Gasteiger partial charge in [0, 0.05) is 10.8 Å². The highest BCUT2D eigenvalue weighted by molar-refractivity contribution is 6.07. The summed E-state index contributed by atoms with van der Waals surface area (Å²) in [5.41, 5.74) is 1.18. The van der Waals surface area contributed by atoms with E-state index >= 15 is 0 Å². The number of carbonyl (C=O) groups is 2. The summed E-state index contributed by atoms with van der Waals surface area (Å²) in [5, 5.41) is 27.2. The molecule has 0 aliphatic rings. The van der Waals surface area contributed by atoms with Crippen LogP contribution in [0.5, 0.6) is 0 Å². The summed E-state index contributed by atoms with van der Waals surface area (Å²) >= 11 is 0. The van der Waals surface area contributed by atoms with Gasteiger partial charge in [0.05, 0.1) is 22.2 Å². The zero-order chi connectivity index (χ0) is 14.3. The third kappa shape index (κ3) is 1.83. The quantitative estimate of drug-likeness (QED) is 0.691. The van der Waals surface area contributed by atoms with Crippen LogP contribution in [-0.4, -0.2) is 32.3 Å². The second-order valence-corrected chi connectivity index (χ2v) is 4.27. The number of fused-ring (bicyclic) bond motifs is 3. The molecule has 2 N–H and O–H groups in total. The maximum Gasteiger partial charge on any atom is 0.335 e. The lowest BCUT2D eigenvalue weighted by molar-refractivity contribution is 0.0686. The molecule has 6 nitrogen and oxygen atoms in total. The highest BCUT2D eigenvalue weighted by atomic mass is 16.4. The fourth-order valence-electron chi connectivity index (χ4n) is 2.06. The molecule has 0 saturated carbocycles. The van der Waals surface area contributed by atoms with Crippen molar-refractivity contribution in [2.45, 2.75) is 0 Å². The van der Waals surface area contributed by atoms with Crippen molar-refractivity contribution in [2.75, 3.05) is 0 Å². The van der Waals surface area contributed by atoms with Crippen LogP contribution in [0.25, 0.3) is 21.8 Å². The summed E-state index contributed by atoms with van der Waals surface area (Å²) in [6.45, 7) is 0. The van der Waals surface area contributed by atoms with Crippen molar-refractivity contribution in [2.24, 2.45) is 0 Å². The molecule has 6 heteroatoms. The third-order valence-electron chi connectivity index (χ3n) is 3.05. The van der Waals surface area contributed by atoms with Gasteiger partial charge in [-0.2, -0.15) is 0 Å². The van der Waals surface area contributed by atoms with E-state index in [1.54, 1.807) is 12.1 Å². The number of nitrogens with zero attached hydrogens (tertiary/aromatic N) is 2. The standard InChI is InChI=1S/C14H8N2O4/c17-13(18)7-1-3-9-10-4-2-8(14(19)20)6-12(10)16-15-11(9)5-7/h1-6H,(H,17,18)(H,19,20). The number of hydrogen-bond acceptors (Lipinski definition) is 4. The molecular formula is C14H8N2O4. The van der Waals surface area contributed by atoms with Gasteiger partial charge in [-0.1, -0.05) is 12.1 Å².